The van der Waals surface area contributed by atoms with E-state index in [0.717, 1.165) is 0 Å². The minimum absolute atomic E-state index is 0. The SMILES string of the molecule is COC1(CN=C(N)Nc2ccccc2OC(F)(F)F)CCOCC1.I. The number of hydrogen-bond acceptors (Lipinski definition) is 4. The predicted octanol–water partition coefficient (Wildman–Crippen LogP) is 3.13. The summed E-state index contributed by atoms with van der Waals surface area (Å²) in [5.74, 6) is -0.396. The first-order chi connectivity index (χ1) is 11.3. The molecule has 0 amide bonds. The van der Waals surface area contributed by atoms with E-state index < -0.39 is 12.0 Å². The number of aliphatic imine (C=N–C) groups is 1. The van der Waals surface area contributed by atoms with Crippen LogP contribution in [0.1, 0.15) is 12.8 Å². The molecule has 0 bridgehead atoms. The number of halogens is 4. The van der Waals surface area contributed by atoms with E-state index in [2.05, 4.69) is 15.0 Å². The number of benzene rings is 1. The first-order valence-electron chi connectivity index (χ1n) is 7.38. The Balaban J connectivity index is 0.00000312. The summed E-state index contributed by atoms with van der Waals surface area (Å²) in [6, 6.07) is 5.61. The highest BCUT2D eigenvalue weighted by Gasteiger charge is 2.33. The normalized spacial score (nSPS) is 17.5. The van der Waals surface area contributed by atoms with Crippen molar-refractivity contribution in [3.63, 3.8) is 0 Å². The average molecular weight is 475 g/mol. The third kappa shape index (κ3) is 6.86. The maximum atomic E-state index is 12.4. The Hall–Kier alpha value is -1.27. The number of ether oxygens (including phenoxy) is 3. The van der Waals surface area contributed by atoms with E-state index in [9.17, 15) is 13.2 Å². The maximum absolute atomic E-state index is 12.4. The lowest BCUT2D eigenvalue weighted by atomic mass is 9.94. The summed E-state index contributed by atoms with van der Waals surface area (Å²) in [5.41, 5.74) is 5.40. The van der Waals surface area contributed by atoms with Crippen molar-refractivity contribution < 1.29 is 27.4 Å². The van der Waals surface area contributed by atoms with Crippen LogP contribution in [0.2, 0.25) is 0 Å². The smallest absolute Gasteiger partial charge is 0.404 e. The van der Waals surface area contributed by atoms with E-state index in [0.29, 0.717) is 26.1 Å². The molecule has 2 rings (SSSR count). The lowest BCUT2D eigenvalue weighted by Crippen LogP contribution is -2.42. The predicted molar refractivity (Wildman–Crippen MR) is 98.4 cm³/mol. The zero-order valence-electron chi connectivity index (χ0n) is 13.6. The summed E-state index contributed by atoms with van der Waals surface area (Å²) in [5, 5.41) is 2.63. The number of nitrogens with zero attached hydrogens (tertiary/aromatic N) is 1. The van der Waals surface area contributed by atoms with Crippen molar-refractivity contribution in [2.45, 2.75) is 24.8 Å². The summed E-state index contributed by atoms with van der Waals surface area (Å²) >= 11 is 0. The fraction of sp³-hybridized carbons (Fsp3) is 0.533. The second-order valence-electron chi connectivity index (χ2n) is 5.37. The molecule has 25 heavy (non-hydrogen) atoms. The number of rotatable bonds is 5. The highest BCUT2D eigenvalue weighted by molar-refractivity contribution is 14.0. The molecule has 0 unspecified atom stereocenters. The molecule has 142 valence electrons. The van der Waals surface area contributed by atoms with Gasteiger partial charge in [0.1, 0.15) is 0 Å². The molecule has 3 N–H and O–H groups in total. The summed E-state index contributed by atoms with van der Waals surface area (Å²) < 4.78 is 52.0. The summed E-state index contributed by atoms with van der Waals surface area (Å²) in [7, 11) is 1.59. The van der Waals surface area contributed by atoms with Crippen LogP contribution in [0.5, 0.6) is 5.75 Å². The molecule has 1 aromatic rings. The Bertz CT molecular complexity index is 579. The molecule has 1 fully saturated rings. The van der Waals surface area contributed by atoms with E-state index >= 15 is 0 Å². The van der Waals surface area contributed by atoms with Gasteiger partial charge in [0, 0.05) is 33.2 Å². The largest absolute Gasteiger partial charge is 0.573 e. The van der Waals surface area contributed by atoms with Crippen LogP contribution in [0.15, 0.2) is 29.3 Å². The highest BCUT2D eigenvalue weighted by atomic mass is 127. The number of methoxy groups -OCH3 is 1. The number of guanidine groups is 1. The molecule has 0 spiro atoms. The van der Waals surface area contributed by atoms with Crippen LogP contribution in [0, 0.1) is 0 Å². The van der Waals surface area contributed by atoms with Gasteiger partial charge >= 0.3 is 6.36 Å². The van der Waals surface area contributed by atoms with E-state index in [4.69, 9.17) is 15.2 Å². The first kappa shape index (κ1) is 21.8. The molecule has 10 heteroatoms. The average Bonchev–Trinajstić information content (AvgIpc) is 2.54. The van der Waals surface area contributed by atoms with Crippen molar-refractivity contribution in [3.8, 4) is 5.75 Å². The molecular weight excluding hydrogens is 454 g/mol. The van der Waals surface area contributed by atoms with Crippen molar-refractivity contribution in [1.82, 2.24) is 0 Å². The van der Waals surface area contributed by atoms with Gasteiger partial charge in [0.15, 0.2) is 11.7 Å². The fourth-order valence-corrected chi connectivity index (χ4v) is 2.36. The van der Waals surface area contributed by atoms with Crippen molar-refractivity contribution >= 4 is 35.6 Å². The van der Waals surface area contributed by atoms with E-state index in [1.54, 1.807) is 13.2 Å². The molecule has 0 aliphatic carbocycles. The van der Waals surface area contributed by atoms with Crippen LogP contribution >= 0.6 is 24.0 Å². The van der Waals surface area contributed by atoms with Crippen molar-refractivity contribution in [1.29, 1.82) is 0 Å². The Morgan fingerprint density at radius 2 is 1.96 bits per heavy atom. The topological polar surface area (TPSA) is 78.1 Å². The molecule has 0 radical (unpaired) electrons. The molecule has 0 aromatic heterocycles. The molecule has 1 heterocycles. The molecule has 1 aliphatic heterocycles. The Labute approximate surface area is 160 Å². The molecular formula is C15H21F3IN3O3. The van der Waals surface area contributed by atoms with E-state index in [-0.39, 0.29) is 47.9 Å². The molecule has 1 aromatic carbocycles. The third-order valence-electron chi connectivity index (χ3n) is 3.75. The van der Waals surface area contributed by atoms with Crippen molar-refractivity contribution in [2.24, 2.45) is 10.7 Å². The number of nitrogens with two attached hydrogens (primary N) is 1. The van der Waals surface area contributed by atoms with Crippen LogP contribution in [0.25, 0.3) is 0 Å². The van der Waals surface area contributed by atoms with Gasteiger partial charge in [0.05, 0.1) is 17.8 Å². The standard InChI is InChI=1S/C15H20F3N3O3.HI/c1-22-14(6-8-23-9-7-14)10-20-13(19)21-11-4-2-3-5-12(11)24-15(16,17)18;/h2-5H,6-10H2,1H3,(H3,19,20,21);1H. The first-order valence-corrected chi connectivity index (χ1v) is 7.38. The molecule has 6 nitrogen and oxygen atoms in total. The number of para-hydroxylation sites is 2. The van der Waals surface area contributed by atoms with Crippen molar-refractivity contribution in [3.05, 3.63) is 24.3 Å². The van der Waals surface area contributed by atoms with Gasteiger partial charge in [-0.2, -0.15) is 0 Å². The maximum Gasteiger partial charge on any atom is 0.573 e. The van der Waals surface area contributed by atoms with Gasteiger partial charge < -0.3 is 25.3 Å². The van der Waals surface area contributed by atoms with Crippen molar-refractivity contribution in [2.75, 3.05) is 32.2 Å². The fourth-order valence-electron chi connectivity index (χ4n) is 2.36. The number of nitrogens with one attached hydrogen (secondary N) is 1. The summed E-state index contributed by atoms with van der Waals surface area (Å²) in [4.78, 5) is 4.19. The number of alkyl halides is 3. The second kappa shape index (κ2) is 9.43. The van der Waals surface area contributed by atoms with Crippen LogP contribution in [0.3, 0.4) is 0 Å². The van der Waals surface area contributed by atoms with E-state index in [1.165, 1.54) is 18.2 Å². The van der Waals surface area contributed by atoms with Gasteiger partial charge in [-0.15, -0.1) is 37.1 Å². The van der Waals surface area contributed by atoms with Gasteiger partial charge in [-0.25, -0.2) is 0 Å². The molecule has 1 aliphatic rings. The molecule has 0 saturated carbocycles. The Kier molecular flexibility index (Phi) is 8.22. The highest BCUT2D eigenvalue weighted by Crippen LogP contribution is 2.30. The lowest BCUT2D eigenvalue weighted by Gasteiger charge is -2.34. The quantitative estimate of drug-likeness (QED) is 0.389. The molecule has 1 saturated heterocycles. The summed E-state index contributed by atoms with van der Waals surface area (Å²) in [6.07, 6.45) is -3.44. The van der Waals surface area contributed by atoms with Crippen LogP contribution < -0.4 is 15.8 Å². The zero-order chi connectivity index (χ0) is 17.6. The minimum Gasteiger partial charge on any atom is -0.404 e. The number of anilines is 1. The van der Waals surface area contributed by atoms with Crippen LogP contribution in [-0.2, 0) is 9.47 Å². The van der Waals surface area contributed by atoms with Gasteiger partial charge in [0.25, 0.3) is 0 Å². The van der Waals surface area contributed by atoms with Gasteiger partial charge in [-0.3, -0.25) is 4.99 Å². The number of hydrogen-bond donors (Lipinski definition) is 2. The van der Waals surface area contributed by atoms with Gasteiger partial charge in [0.2, 0.25) is 0 Å². The minimum atomic E-state index is -4.79. The molecule has 0 atom stereocenters. The zero-order valence-corrected chi connectivity index (χ0v) is 16.0. The lowest BCUT2D eigenvalue weighted by molar-refractivity contribution is -0.274. The van der Waals surface area contributed by atoms with Crippen LogP contribution in [0.4, 0.5) is 18.9 Å². The van der Waals surface area contributed by atoms with Crippen LogP contribution in [-0.4, -0.2) is 44.8 Å². The third-order valence-corrected chi connectivity index (χ3v) is 3.75. The summed E-state index contributed by atoms with van der Waals surface area (Å²) in [6.45, 7) is 1.42. The Morgan fingerprint density at radius 3 is 2.56 bits per heavy atom. The van der Waals surface area contributed by atoms with Gasteiger partial charge in [-0.1, -0.05) is 12.1 Å². The van der Waals surface area contributed by atoms with E-state index in [1.807, 2.05) is 0 Å². The van der Waals surface area contributed by atoms with Gasteiger partial charge in [-0.05, 0) is 12.1 Å². The second-order valence-corrected chi connectivity index (χ2v) is 5.37. The Morgan fingerprint density at radius 1 is 1.32 bits per heavy atom. The monoisotopic (exact) mass is 475 g/mol.